The van der Waals surface area contributed by atoms with Crippen LogP contribution >= 0.6 is 0 Å². The van der Waals surface area contributed by atoms with Crippen molar-refractivity contribution in [2.45, 2.75) is 88.9 Å². The zero-order chi connectivity index (χ0) is 24.5. The minimum absolute atomic E-state index is 0. The number of halogens is 6. The van der Waals surface area contributed by atoms with Gasteiger partial charge in [0.1, 0.15) is 0 Å². The number of hydrogen-bond donors (Lipinski definition) is 0. The van der Waals surface area contributed by atoms with Gasteiger partial charge in [0.2, 0.25) is 0 Å². The smallest absolute Gasteiger partial charge is 4.00 e. The van der Waals surface area contributed by atoms with Crippen molar-refractivity contribution in [2.75, 3.05) is 0 Å². The molecule has 3 N–H and O–H groups in total. The SMILES string of the molecule is CC(C)(C)[NH-].CC(C)(C)[NH-].CC(C)(C)[NH-].F[C](F)(F)[GeH]([c-]1cccc1)[C](F)(F)F.[Hf+4]. The Hall–Kier alpha value is 0.223. The van der Waals surface area contributed by atoms with Gasteiger partial charge in [-0.2, -0.15) is 0 Å². The molecule has 0 saturated carbocycles. The Labute approximate surface area is 200 Å². The van der Waals surface area contributed by atoms with Gasteiger partial charge in [-0.15, -0.1) is 16.6 Å². The molecular formula is C19H35F6GeHfN3. The molecule has 0 aliphatic rings. The number of hydrogen-bond acceptors (Lipinski definition) is 0. The van der Waals surface area contributed by atoms with E-state index in [1.54, 1.807) is 0 Å². The molecule has 0 aliphatic carbocycles. The Kier molecular flexibility index (Phi) is 18.0. The van der Waals surface area contributed by atoms with Gasteiger partial charge in [-0.3, -0.25) is 0 Å². The fourth-order valence-corrected chi connectivity index (χ4v) is 4.78. The van der Waals surface area contributed by atoms with Crippen LogP contribution in [0, 0.1) is 0 Å². The van der Waals surface area contributed by atoms with Gasteiger partial charge in [0.05, 0.1) is 0 Å². The Morgan fingerprint density at radius 1 is 0.567 bits per heavy atom. The standard InChI is InChI=1S/C7H5F6Ge.3C4H10N.Hf/c8-6(9,10)14(7(11,12)13)5-3-1-2-4-5;3*1-4(2,3)5;/h1-4,14H;3*5H,1-3H3;/q4*-1;+4. The molecule has 0 unspecified atom stereocenters. The van der Waals surface area contributed by atoms with Crippen molar-refractivity contribution in [1.29, 1.82) is 0 Å². The largest absolute Gasteiger partial charge is 4.00 e. The van der Waals surface area contributed by atoms with Crippen molar-refractivity contribution < 1.29 is 52.2 Å². The van der Waals surface area contributed by atoms with Crippen molar-refractivity contribution in [3.8, 4) is 0 Å². The van der Waals surface area contributed by atoms with E-state index in [4.69, 9.17) is 17.2 Å². The van der Waals surface area contributed by atoms with Gasteiger partial charge >= 0.3 is 105 Å². The first kappa shape index (κ1) is 37.5. The Morgan fingerprint density at radius 2 is 0.733 bits per heavy atom. The van der Waals surface area contributed by atoms with Crippen LogP contribution in [0.1, 0.15) is 62.3 Å². The number of rotatable bonds is 1. The van der Waals surface area contributed by atoms with E-state index in [9.17, 15) is 26.3 Å². The first-order chi connectivity index (χ1) is 12.2. The van der Waals surface area contributed by atoms with Gasteiger partial charge in [0, 0.05) is 0 Å². The second-order valence-corrected chi connectivity index (χ2v) is 15.4. The van der Waals surface area contributed by atoms with Crippen molar-refractivity contribution in [1.82, 2.24) is 0 Å². The van der Waals surface area contributed by atoms with E-state index < -0.39 is 28.8 Å². The predicted molar refractivity (Wildman–Crippen MR) is 113 cm³/mol. The third-order valence-electron chi connectivity index (χ3n) is 1.68. The second-order valence-electron chi connectivity index (χ2n) is 9.48. The topological polar surface area (TPSA) is 71.4 Å². The Bertz CT molecular complexity index is 464. The molecule has 1 aromatic carbocycles. The normalized spacial score (nSPS) is 12.4. The summed E-state index contributed by atoms with van der Waals surface area (Å²) < 4.78 is 72.3. The summed E-state index contributed by atoms with van der Waals surface area (Å²) in [5.74, 6) is 0. The van der Waals surface area contributed by atoms with E-state index in [0.29, 0.717) is 0 Å². The van der Waals surface area contributed by atoms with E-state index in [1.165, 1.54) is 12.1 Å². The van der Waals surface area contributed by atoms with E-state index in [2.05, 4.69) is 0 Å². The monoisotopic (exact) mass is 673 g/mol. The minimum atomic E-state index is -5.46. The zero-order valence-corrected chi connectivity index (χ0v) is 25.2. The summed E-state index contributed by atoms with van der Waals surface area (Å²) >= 11 is -5.46. The van der Waals surface area contributed by atoms with E-state index in [1.807, 2.05) is 62.3 Å². The predicted octanol–water partition coefficient (Wildman–Crippen LogP) is 7.55. The second kappa shape index (κ2) is 14.4. The van der Waals surface area contributed by atoms with Crippen LogP contribution in [-0.4, -0.2) is 41.0 Å². The third-order valence-corrected chi connectivity index (χ3v) is 6.63. The Morgan fingerprint density at radius 3 is 0.867 bits per heavy atom. The van der Waals surface area contributed by atoms with Gasteiger partial charge in [0.15, 0.2) is 0 Å². The molecule has 0 aliphatic heterocycles. The molecule has 0 fully saturated rings. The van der Waals surface area contributed by atoms with Crippen LogP contribution in [0.2, 0.25) is 0 Å². The van der Waals surface area contributed by atoms with Crippen molar-refractivity contribution in [3.05, 3.63) is 41.5 Å². The van der Waals surface area contributed by atoms with Gasteiger partial charge in [-0.1, -0.05) is 62.3 Å². The number of nitrogens with one attached hydrogen (secondary N) is 3. The quantitative estimate of drug-likeness (QED) is 0.168. The van der Waals surface area contributed by atoms with Crippen LogP contribution in [-0.2, 0) is 25.8 Å². The maximum Gasteiger partial charge on any atom is 4.00 e. The summed E-state index contributed by atoms with van der Waals surface area (Å²) in [6, 6.07) is 4.16. The van der Waals surface area contributed by atoms with Gasteiger partial charge in [-0.05, 0) is 0 Å². The molecule has 1 aromatic rings. The van der Waals surface area contributed by atoms with Crippen LogP contribution in [0.25, 0.3) is 17.2 Å². The van der Waals surface area contributed by atoms with Crippen LogP contribution in [0.5, 0.6) is 0 Å². The first-order valence-corrected chi connectivity index (χ1v) is 12.5. The summed E-state index contributed by atoms with van der Waals surface area (Å²) in [7, 11) is 0. The first-order valence-electron chi connectivity index (χ1n) is 8.83. The molecule has 0 radical (unpaired) electrons. The average molecular weight is 671 g/mol. The fourth-order valence-electron chi connectivity index (χ4n) is 1.14. The molecule has 1 rings (SSSR count). The molecule has 0 heterocycles. The summed E-state index contributed by atoms with van der Waals surface area (Å²) in [5.41, 5.74) is 20.1. The molecule has 0 amide bonds. The molecule has 0 spiro atoms. The zero-order valence-electron chi connectivity index (χ0n) is 19.2. The summed E-state index contributed by atoms with van der Waals surface area (Å²) in [4.78, 5) is 0. The average Bonchev–Trinajstić information content (AvgIpc) is 2.69. The van der Waals surface area contributed by atoms with Crippen LogP contribution in [0.3, 0.4) is 0 Å². The summed E-state index contributed by atoms with van der Waals surface area (Å²) in [6.07, 6.45) is 0. The summed E-state index contributed by atoms with van der Waals surface area (Å²) in [5, 5.41) is -10.2. The summed E-state index contributed by atoms with van der Waals surface area (Å²) in [6.45, 7) is 16.7. The van der Waals surface area contributed by atoms with E-state index in [-0.39, 0.29) is 42.5 Å². The van der Waals surface area contributed by atoms with Crippen LogP contribution in [0.15, 0.2) is 24.3 Å². The van der Waals surface area contributed by atoms with Crippen LogP contribution in [0.4, 0.5) is 26.3 Å². The van der Waals surface area contributed by atoms with Gasteiger partial charge in [-0.25, -0.2) is 0 Å². The van der Waals surface area contributed by atoms with Gasteiger partial charge < -0.3 is 17.2 Å². The third kappa shape index (κ3) is 38.8. The van der Waals surface area contributed by atoms with E-state index in [0.717, 1.165) is 12.1 Å². The maximum absolute atomic E-state index is 12.1. The molecule has 0 saturated heterocycles. The fraction of sp³-hybridized carbons (Fsp3) is 0.737. The number of alkyl halides is 6. The Balaban J connectivity index is -0.000000176. The van der Waals surface area contributed by atoms with Crippen molar-refractivity contribution in [2.24, 2.45) is 0 Å². The molecule has 0 atom stereocenters. The van der Waals surface area contributed by atoms with Crippen molar-refractivity contribution in [3.63, 3.8) is 0 Å². The molecule has 11 heteroatoms. The molecule has 0 bridgehead atoms. The molecule has 3 nitrogen and oxygen atoms in total. The van der Waals surface area contributed by atoms with Crippen molar-refractivity contribution >= 4 is 18.7 Å². The maximum atomic E-state index is 12.1. The molecule has 30 heavy (non-hydrogen) atoms. The molecule has 0 aromatic heterocycles. The van der Waals surface area contributed by atoms with Gasteiger partial charge in [0.25, 0.3) is 0 Å². The van der Waals surface area contributed by atoms with E-state index >= 15 is 0 Å². The van der Waals surface area contributed by atoms with Crippen LogP contribution < -0.4 is 4.40 Å². The minimum Gasteiger partial charge on any atom is 4.00 e. The molecule has 176 valence electrons. The molecular weight excluding hydrogens is 635 g/mol.